The van der Waals surface area contributed by atoms with Gasteiger partial charge in [-0.05, 0) is 54.0 Å². The minimum atomic E-state index is -0.542. The highest BCUT2D eigenvalue weighted by molar-refractivity contribution is 7.99. The van der Waals surface area contributed by atoms with Crippen LogP contribution in [0.5, 0.6) is 0 Å². The predicted molar refractivity (Wildman–Crippen MR) is 82.8 cm³/mol. The van der Waals surface area contributed by atoms with Gasteiger partial charge in [0.05, 0.1) is 0 Å². The number of aliphatic hydroxyl groups is 1. The second-order valence-electron chi connectivity index (χ2n) is 4.75. The van der Waals surface area contributed by atoms with Gasteiger partial charge >= 0.3 is 0 Å². The zero-order valence-corrected chi connectivity index (χ0v) is 12.5. The molecule has 0 spiro atoms. The highest BCUT2D eigenvalue weighted by atomic mass is 32.2. The van der Waals surface area contributed by atoms with Gasteiger partial charge in [0.1, 0.15) is 6.10 Å². The van der Waals surface area contributed by atoms with Crippen molar-refractivity contribution in [2.45, 2.75) is 31.8 Å². The molecule has 0 aromatic heterocycles. The zero-order valence-electron chi connectivity index (χ0n) is 11.7. The van der Waals surface area contributed by atoms with Crippen LogP contribution in [0.1, 0.15) is 35.3 Å². The van der Waals surface area contributed by atoms with Crippen LogP contribution in [0.25, 0.3) is 0 Å². The van der Waals surface area contributed by atoms with Crippen LogP contribution in [0.2, 0.25) is 0 Å². The zero-order chi connectivity index (χ0) is 13.8. The quantitative estimate of drug-likeness (QED) is 0.827. The lowest BCUT2D eigenvalue weighted by atomic mass is 9.98. The van der Waals surface area contributed by atoms with E-state index in [0.717, 1.165) is 16.9 Å². The molecule has 0 saturated heterocycles. The SMILES string of the molecule is CCSc1ccc(C(O)c2ccc(C)c(C)c2)cc1. The number of hydrogen-bond donors (Lipinski definition) is 1. The summed E-state index contributed by atoms with van der Waals surface area (Å²) in [4.78, 5) is 1.25. The van der Waals surface area contributed by atoms with Crippen molar-refractivity contribution >= 4 is 11.8 Å². The fourth-order valence-electron chi connectivity index (χ4n) is 2.04. The molecule has 1 N–H and O–H groups in total. The van der Waals surface area contributed by atoms with Gasteiger partial charge in [-0.2, -0.15) is 0 Å². The van der Waals surface area contributed by atoms with Crippen LogP contribution >= 0.6 is 11.8 Å². The van der Waals surface area contributed by atoms with E-state index in [2.05, 4.69) is 45.0 Å². The van der Waals surface area contributed by atoms with Gasteiger partial charge in [0.15, 0.2) is 0 Å². The molecule has 0 aliphatic rings. The van der Waals surface area contributed by atoms with E-state index in [1.165, 1.54) is 16.0 Å². The third-order valence-corrected chi connectivity index (χ3v) is 4.25. The fraction of sp³-hybridized carbons (Fsp3) is 0.294. The van der Waals surface area contributed by atoms with Crippen LogP contribution in [0.3, 0.4) is 0 Å². The lowest BCUT2D eigenvalue weighted by Crippen LogP contribution is -2.00. The number of benzene rings is 2. The minimum Gasteiger partial charge on any atom is -0.384 e. The molecule has 19 heavy (non-hydrogen) atoms. The molecule has 0 radical (unpaired) electrons. The maximum atomic E-state index is 10.4. The van der Waals surface area contributed by atoms with Crippen LogP contribution in [-0.4, -0.2) is 10.9 Å². The molecule has 2 rings (SSSR count). The van der Waals surface area contributed by atoms with E-state index < -0.39 is 6.10 Å². The first-order chi connectivity index (χ1) is 9.11. The second kappa shape index (κ2) is 6.27. The Morgan fingerprint density at radius 1 is 0.947 bits per heavy atom. The first-order valence-corrected chi connectivity index (χ1v) is 7.58. The molecule has 2 aromatic rings. The summed E-state index contributed by atoms with van der Waals surface area (Å²) in [6.45, 7) is 6.30. The molecular formula is C17H20OS. The lowest BCUT2D eigenvalue weighted by molar-refractivity contribution is 0.220. The summed E-state index contributed by atoms with van der Waals surface area (Å²) >= 11 is 1.81. The molecule has 0 saturated carbocycles. The minimum absolute atomic E-state index is 0.542. The molecule has 0 fully saturated rings. The lowest BCUT2D eigenvalue weighted by Gasteiger charge is -2.13. The molecule has 0 heterocycles. The van der Waals surface area contributed by atoms with Crippen molar-refractivity contribution in [1.82, 2.24) is 0 Å². The summed E-state index contributed by atoms with van der Waals surface area (Å²) in [7, 11) is 0. The summed E-state index contributed by atoms with van der Waals surface area (Å²) in [6.07, 6.45) is -0.542. The topological polar surface area (TPSA) is 20.2 Å². The third-order valence-electron chi connectivity index (χ3n) is 3.35. The summed E-state index contributed by atoms with van der Waals surface area (Å²) in [5, 5.41) is 10.4. The van der Waals surface area contributed by atoms with Gasteiger partial charge in [-0.15, -0.1) is 11.8 Å². The van der Waals surface area contributed by atoms with E-state index in [9.17, 15) is 5.11 Å². The molecule has 2 aromatic carbocycles. The van der Waals surface area contributed by atoms with Gasteiger partial charge in [-0.1, -0.05) is 37.3 Å². The average Bonchev–Trinajstić information content (AvgIpc) is 2.42. The predicted octanol–water partition coefficient (Wildman–Crippen LogP) is 4.50. The Balaban J connectivity index is 2.22. The first kappa shape index (κ1) is 14.2. The summed E-state index contributed by atoms with van der Waals surface area (Å²) < 4.78 is 0. The van der Waals surface area contributed by atoms with Crippen molar-refractivity contribution in [3.05, 3.63) is 64.7 Å². The van der Waals surface area contributed by atoms with Crippen molar-refractivity contribution in [2.75, 3.05) is 5.75 Å². The summed E-state index contributed by atoms with van der Waals surface area (Å²) in [5.74, 6) is 1.07. The van der Waals surface area contributed by atoms with Gasteiger partial charge in [0, 0.05) is 4.90 Å². The van der Waals surface area contributed by atoms with Crippen molar-refractivity contribution in [3.63, 3.8) is 0 Å². The van der Waals surface area contributed by atoms with Gasteiger partial charge in [0.25, 0.3) is 0 Å². The fourth-order valence-corrected chi connectivity index (χ4v) is 2.70. The van der Waals surface area contributed by atoms with E-state index >= 15 is 0 Å². The largest absolute Gasteiger partial charge is 0.384 e. The molecule has 0 aliphatic carbocycles. The van der Waals surface area contributed by atoms with Crippen molar-refractivity contribution in [1.29, 1.82) is 0 Å². The molecule has 2 heteroatoms. The maximum Gasteiger partial charge on any atom is 0.104 e. The monoisotopic (exact) mass is 272 g/mol. The molecule has 0 amide bonds. The maximum absolute atomic E-state index is 10.4. The number of hydrogen-bond acceptors (Lipinski definition) is 2. The van der Waals surface area contributed by atoms with Crippen LogP contribution in [0.15, 0.2) is 47.4 Å². The van der Waals surface area contributed by atoms with E-state index in [1.54, 1.807) is 0 Å². The van der Waals surface area contributed by atoms with Crippen molar-refractivity contribution in [3.8, 4) is 0 Å². The normalized spacial score (nSPS) is 12.4. The van der Waals surface area contributed by atoms with Crippen molar-refractivity contribution < 1.29 is 5.11 Å². The van der Waals surface area contributed by atoms with Crippen LogP contribution in [-0.2, 0) is 0 Å². The van der Waals surface area contributed by atoms with E-state index in [-0.39, 0.29) is 0 Å². The summed E-state index contributed by atoms with van der Waals surface area (Å²) in [5.41, 5.74) is 4.38. The molecule has 1 unspecified atom stereocenters. The highest BCUT2D eigenvalue weighted by Crippen LogP contribution is 2.26. The first-order valence-electron chi connectivity index (χ1n) is 6.59. The van der Waals surface area contributed by atoms with Gasteiger partial charge < -0.3 is 5.11 Å². The Morgan fingerprint density at radius 2 is 1.58 bits per heavy atom. The molecule has 1 atom stereocenters. The molecular weight excluding hydrogens is 252 g/mol. The van der Waals surface area contributed by atoms with Crippen LogP contribution in [0.4, 0.5) is 0 Å². The van der Waals surface area contributed by atoms with E-state index in [0.29, 0.717) is 0 Å². The number of rotatable bonds is 4. The van der Waals surface area contributed by atoms with E-state index in [4.69, 9.17) is 0 Å². The molecule has 100 valence electrons. The Morgan fingerprint density at radius 3 is 2.16 bits per heavy atom. The van der Waals surface area contributed by atoms with Crippen LogP contribution in [0, 0.1) is 13.8 Å². The molecule has 0 aliphatic heterocycles. The smallest absolute Gasteiger partial charge is 0.104 e. The third kappa shape index (κ3) is 3.40. The van der Waals surface area contributed by atoms with Gasteiger partial charge in [0.2, 0.25) is 0 Å². The number of thioether (sulfide) groups is 1. The molecule has 1 nitrogen and oxygen atoms in total. The standard InChI is InChI=1S/C17H20OS/c1-4-19-16-9-7-14(8-10-16)17(18)15-6-5-12(2)13(3)11-15/h5-11,17-18H,4H2,1-3H3. The Labute approximate surface area is 119 Å². The second-order valence-corrected chi connectivity index (χ2v) is 6.09. The Kier molecular flexibility index (Phi) is 4.67. The average molecular weight is 272 g/mol. The van der Waals surface area contributed by atoms with Gasteiger partial charge in [-0.3, -0.25) is 0 Å². The number of aliphatic hydroxyl groups excluding tert-OH is 1. The Hall–Kier alpha value is -1.25. The Bertz CT molecular complexity index is 546. The highest BCUT2D eigenvalue weighted by Gasteiger charge is 2.10. The summed E-state index contributed by atoms with van der Waals surface area (Å²) in [6, 6.07) is 14.3. The van der Waals surface area contributed by atoms with E-state index in [1.807, 2.05) is 30.0 Å². The molecule has 0 bridgehead atoms. The number of aryl methyl sites for hydroxylation is 2. The van der Waals surface area contributed by atoms with Crippen LogP contribution < -0.4 is 0 Å². The van der Waals surface area contributed by atoms with Crippen molar-refractivity contribution in [2.24, 2.45) is 0 Å². The van der Waals surface area contributed by atoms with Gasteiger partial charge in [-0.25, -0.2) is 0 Å².